The van der Waals surface area contributed by atoms with E-state index in [2.05, 4.69) is 0 Å². The second-order valence-corrected chi connectivity index (χ2v) is 8.27. The molecular formula is C24H23N3O8. The lowest BCUT2D eigenvalue weighted by atomic mass is 10.1. The second-order valence-electron chi connectivity index (χ2n) is 8.27. The zero-order valence-electron chi connectivity index (χ0n) is 18.9. The molecule has 0 saturated carbocycles. The third-order valence-electron chi connectivity index (χ3n) is 5.87. The summed E-state index contributed by atoms with van der Waals surface area (Å²) < 4.78 is 10.7. The summed E-state index contributed by atoms with van der Waals surface area (Å²) in [6.45, 7) is 1.91. The molecule has 2 atom stereocenters. The molecule has 182 valence electrons. The molecular weight excluding hydrogens is 458 g/mol. The lowest BCUT2D eigenvalue weighted by Crippen LogP contribution is -2.48. The van der Waals surface area contributed by atoms with Gasteiger partial charge in [0.1, 0.15) is 11.8 Å². The summed E-state index contributed by atoms with van der Waals surface area (Å²) in [5.74, 6) is -1.79. The van der Waals surface area contributed by atoms with Crippen LogP contribution >= 0.6 is 0 Å². The van der Waals surface area contributed by atoms with Gasteiger partial charge in [-0.3, -0.25) is 29.3 Å². The first kappa shape index (κ1) is 24.0. The van der Waals surface area contributed by atoms with Crippen LogP contribution in [0, 0.1) is 10.1 Å². The fourth-order valence-corrected chi connectivity index (χ4v) is 4.21. The van der Waals surface area contributed by atoms with Crippen LogP contribution in [-0.2, 0) is 19.1 Å². The molecule has 11 heteroatoms. The van der Waals surface area contributed by atoms with Crippen molar-refractivity contribution in [1.82, 2.24) is 4.90 Å². The van der Waals surface area contributed by atoms with Crippen LogP contribution in [0.3, 0.4) is 0 Å². The Morgan fingerprint density at radius 1 is 1.14 bits per heavy atom. The summed E-state index contributed by atoms with van der Waals surface area (Å²) in [7, 11) is 0. The molecule has 2 heterocycles. The first-order valence-corrected chi connectivity index (χ1v) is 11.1. The minimum absolute atomic E-state index is 0.110. The Labute approximate surface area is 200 Å². The van der Waals surface area contributed by atoms with E-state index in [1.165, 1.54) is 60.4 Å². The van der Waals surface area contributed by atoms with E-state index in [-0.39, 0.29) is 36.1 Å². The minimum Gasteiger partial charge on any atom is -0.427 e. The molecule has 4 rings (SSSR count). The van der Waals surface area contributed by atoms with Gasteiger partial charge >= 0.3 is 5.97 Å². The van der Waals surface area contributed by atoms with Crippen molar-refractivity contribution < 1.29 is 33.6 Å². The van der Waals surface area contributed by atoms with E-state index in [1.807, 2.05) is 0 Å². The number of amides is 3. The molecule has 35 heavy (non-hydrogen) atoms. The number of benzene rings is 2. The van der Waals surface area contributed by atoms with Crippen LogP contribution in [0.25, 0.3) is 0 Å². The zero-order chi connectivity index (χ0) is 25.1. The Morgan fingerprint density at radius 3 is 2.40 bits per heavy atom. The first-order valence-electron chi connectivity index (χ1n) is 11.1. The number of esters is 1. The molecule has 2 saturated heterocycles. The van der Waals surface area contributed by atoms with E-state index in [4.69, 9.17) is 9.47 Å². The van der Waals surface area contributed by atoms with Crippen molar-refractivity contribution in [3.8, 4) is 5.75 Å². The third kappa shape index (κ3) is 5.19. The van der Waals surface area contributed by atoms with Crippen LogP contribution in [0.2, 0.25) is 0 Å². The normalized spacial score (nSPS) is 19.6. The standard InChI is InChI=1S/C24H23N3O8/c1-15(28)35-19-10-8-17(9-11-19)26-22(29)13-21(24(26)31)25(14-20-3-2-12-34-20)23(30)16-4-6-18(7-5-16)27(32)33/h4-11,20-21H,2-3,12-14H2,1H3. The van der Waals surface area contributed by atoms with Crippen LogP contribution in [0.1, 0.15) is 36.5 Å². The number of non-ortho nitro benzene ring substituents is 1. The highest BCUT2D eigenvalue weighted by molar-refractivity contribution is 6.23. The van der Waals surface area contributed by atoms with Crippen molar-refractivity contribution >= 4 is 35.1 Å². The molecule has 2 aliphatic heterocycles. The predicted molar refractivity (Wildman–Crippen MR) is 122 cm³/mol. The van der Waals surface area contributed by atoms with Gasteiger partial charge in [-0.25, -0.2) is 4.90 Å². The number of nitro groups is 1. The molecule has 0 aliphatic carbocycles. The van der Waals surface area contributed by atoms with Crippen LogP contribution in [0.4, 0.5) is 11.4 Å². The molecule has 0 N–H and O–H groups in total. The Balaban J connectivity index is 1.59. The molecule has 2 fully saturated rings. The summed E-state index contributed by atoms with van der Waals surface area (Å²) in [5, 5.41) is 11.0. The molecule has 3 amide bonds. The van der Waals surface area contributed by atoms with Crippen LogP contribution in [-0.4, -0.2) is 58.8 Å². The van der Waals surface area contributed by atoms with Gasteiger partial charge in [-0.15, -0.1) is 0 Å². The third-order valence-corrected chi connectivity index (χ3v) is 5.87. The summed E-state index contributed by atoms with van der Waals surface area (Å²) in [4.78, 5) is 63.5. The van der Waals surface area contributed by atoms with Gasteiger partial charge in [0, 0.05) is 37.8 Å². The average Bonchev–Trinajstić information content (AvgIpc) is 3.45. The smallest absolute Gasteiger partial charge is 0.308 e. The molecule has 11 nitrogen and oxygen atoms in total. The highest BCUT2D eigenvalue weighted by Gasteiger charge is 2.45. The van der Waals surface area contributed by atoms with Gasteiger partial charge in [0.2, 0.25) is 5.91 Å². The van der Waals surface area contributed by atoms with Crippen molar-refractivity contribution in [1.29, 1.82) is 0 Å². The largest absolute Gasteiger partial charge is 0.427 e. The Hall–Kier alpha value is -4.12. The number of imide groups is 1. The number of anilines is 1. The molecule has 0 radical (unpaired) electrons. The van der Waals surface area contributed by atoms with Crippen molar-refractivity contribution in [3.05, 3.63) is 64.2 Å². The number of nitrogens with zero attached hydrogens (tertiary/aromatic N) is 3. The van der Waals surface area contributed by atoms with Gasteiger partial charge in [-0.05, 0) is 49.2 Å². The van der Waals surface area contributed by atoms with Gasteiger partial charge in [-0.2, -0.15) is 0 Å². The molecule has 0 spiro atoms. The van der Waals surface area contributed by atoms with Gasteiger partial charge < -0.3 is 14.4 Å². The van der Waals surface area contributed by atoms with E-state index >= 15 is 0 Å². The fraction of sp³-hybridized carbons (Fsp3) is 0.333. The maximum absolute atomic E-state index is 13.4. The zero-order valence-corrected chi connectivity index (χ0v) is 18.9. The number of nitro benzene ring substituents is 1. The van der Waals surface area contributed by atoms with Crippen molar-refractivity contribution in [2.75, 3.05) is 18.1 Å². The van der Waals surface area contributed by atoms with Crippen molar-refractivity contribution in [2.24, 2.45) is 0 Å². The molecule has 2 aromatic rings. The molecule has 2 aromatic carbocycles. The van der Waals surface area contributed by atoms with Gasteiger partial charge in [-0.1, -0.05) is 0 Å². The van der Waals surface area contributed by atoms with E-state index < -0.39 is 34.7 Å². The topological polar surface area (TPSA) is 136 Å². The highest BCUT2D eigenvalue weighted by atomic mass is 16.6. The van der Waals surface area contributed by atoms with Gasteiger partial charge in [0.25, 0.3) is 17.5 Å². The maximum Gasteiger partial charge on any atom is 0.308 e. The predicted octanol–water partition coefficient (Wildman–Crippen LogP) is 2.47. The van der Waals surface area contributed by atoms with E-state index in [0.717, 1.165) is 11.3 Å². The van der Waals surface area contributed by atoms with Gasteiger partial charge in [0.05, 0.1) is 23.1 Å². The number of hydrogen-bond donors (Lipinski definition) is 0. The summed E-state index contributed by atoms with van der Waals surface area (Å²) in [5.41, 5.74) is 0.291. The quantitative estimate of drug-likeness (QED) is 0.193. The molecule has 2 aliphatic rings. The minimum atomic E-state index is -1.05. The summed E-state index contributed by atoms with van der Waals surface area (Å²) in [6.07, 6.45) is 1.04. The van der Waals surface area contributed by atoms with Crippen molar-refractivity contribution in [3.63, 3.8) is 0 Å². The first-order chi connectivity index (χ1) is 16.7. The summed E-state index contributed by atoms with van der Waals surface area (Å²) >= 11 is 0. The maximum atomic E-state index is 13.4. The number of carbonyl (C=O) groups excluding carboxylic acids is 4. The van der Waals surface area contributed by atoms with E-state index in [0.29, 0.717) is 18.7 Å². The monoisotopic (exact) mass is 481 g/mol. The van der Waals surface area contributed by atoms with Crippen molar-refractivity contribution in [2.45, 2.75) is 38.3 Å². The number of rotatable bonds is 7. The molecule has 0 aromatic heterocycles. The lowest BCUT2D eigenvalue weighted by Gasteiger charge is -2.30. The van der Waals surface area contributed by atoms with Crippen LogP contribution < -0.4 is 9.64 Å². The molecule has 2 unspecified atom stereocenters. The fourth-order valence-electron chi connectivity index (χ4n) is 4.21. The average molecular weight is 481 g/mol. The van der Waals surface area contributed by atoms with E-state index in [1.54, 1.807) is 0 Å². The Bertz CT molecular complexity index is 1160. The number of ether oxygens (including phenoxy) is 2. The van der Waals surface area contributed by atoms with Gasteiger partial charge in [0.15, 0.2) is 0 Å². The number of carbonyl (C=O) groups is 4. The SMILES string of the molecule is CC(=O)Oc1ccc(N2C(=O)CC(N(CC3CCCO3)C(=O)c3ccc([N+](=O)[O-])cc3)C2=O)cc1. The highest BCUT2D eigenvalue weighted by Crippen LogP contribution is 2.29. The molecule has 0 bridgehead atoms. The Kier molecular flexibility index (Phi) is 6.87. The second kappa shape index (κ2) is 10.0. The summed E-state index contributed by atoms with van der Waals surface area (Å²) in [6, 6.07) is 9.95. The van der Waals surface area contributed by atoms with Crippen LogP contribution in [0.15, 0.2) is 48.5 Å². The lowest BCUT2D eigenvalue weighted by molar-refractivity contribution is -0.384. The van der Waals surface area contributed by atoms with E-state index in [9.17, 15) is 29.3 Å². The Morgan fingerprint density at radius 2 is 1.83 bits per heavy atom. The van der Waals surface area contributed by atoms with Crippen LogP contribution in [0.5, 0.6) is 5.75 Å². The number of hydrogen-bond acceptors (Lipinski definition) is 8.